The first-order valence-electron chi connectivity index (χ1n) is 7.07. The SMILES string of the molecule is Cc1cc(C=NNC(=O)Cc2ccccc2[N+](=O)[O-])c(C)n1C. The minimum absolute atomic E-state index is 0.0684. The lowest BCUT2D eigenvalue weighted by molar-refractivity contribution is -0.385. The van der Waals surface area contributed by atoms with Crippen LogP contribution in [0.4, 0.5) is 5.69 Å². The zero-order valence-corrected chi connectivity index (χ0v) is 13.2. The van der Waals surface area contributed by atoms with Crippen LogP contribution in [-0.4, -0.2) is 21.6 Å². The van der Waals surface area contributed by atoms with Crippen LogP contribution < -0.4 is 5.43 Å². The van der Waals surface area contributed by atoms with Gasteiger partial charge in [0, 0.05) is 35.6 Å². The van der Waals surface area contributed by atoms with E-state index in [1.807, 2.05) is 31.5 Å². The molecule has 1 amide bonds. The van der Waals surface area contributed by atoms with Crippen molar-refractivity contribution >= 4 is 17.8 Å². The maximum atomic E-state index is 11.9. The minimum Gasteiger partial charge on any atom is -0.352 e. The molecule has 2 rings (SSSR count). The molecule has 0 atom stereocenters. The van der Waals surface area contributed by atoms with Crippen LogP contribution in [0.2, 0.25) is 0 Å². The summed E-state index contributed by atoms with van der Waals surface area (Å²) in [4.78, 5) is 22.3. The van der Waals surface area contributed by atoms with Crippen LogP contribution in [0.5, 0.6) is 0 Å². The number of carbonyl (C=O) groups is 1. The highest BCUT2D eigenvalue weighted by atomic mass is 16.6. The number of amides is 1. The Kier molecular flexibility index (Phi) is 4.90. The molecule has 0 aliphatic carbocycles. The van der Waals surface area contributed by atoms with Gasteiger partial charge in [-0.05, 0) is 19.9 Å². The Labute approximate surface area is 133 Å². The van der Waals surface area contributed by atoms with Crippen LogP contribution in [0.15, 0.2) is 35.4 Å². The van der Waals surface area contributed by atoms with Gasteiger partial charge in [-0.1, -0.05) is 18.2 Å². The molecule has 1 heterocycles. The van der Waals surface area contributed by atoms with Gasteiger partial charge in [-0.15, -0.1) is 0 Å². The van der Waals surface area contributed by atoms with E-state index in [0.717, 1.165) is 17.0 Å². The third-order valence-electron chi connectivity index (χ3n) is 3.75. The van der Waals surface area contributed by atoms with Gasteiger partial charge in [-0.3, -0.25) is 14.9 Å². The molecule has 1 aromatic heterocycles. The summed E-state index contributed by atoms with van der Waals surface area (Å²) in [5.41, 5.74) is 5.74. The second kappa shape index (κ2) is 6.87. The van der Waals surface area contributed by atoms with Gasteiger partial charge in [-0.25, -0.2) is 5.43 Å². The molecule has 0 saturated carbocycles. The summed E-state index contributed by atoms with van der Waals surface area (Å²) in [5.74, 6) is -0.402. The van der Waals surface area contributed by atoms with Gasteiger partial charge < -0.3 is 4.57 Å². The first-order chi connectivity index (χ1) is 10.9. The van der Waals surface area contributed by atoms with E-state index in [4.69, 9.17) is 0 Å². The van der Waals surface area contributed by atoms with Crippen molar-refractivity contribution in [3.05, 3.63) is 63.0 Å². The lowest BCUT2D eigenvalue weighted by atomic mass is 10.1. The molecular formula is C16H18N4O3. The van der Waals surface area contributed by atoms with E-state index < -0.39 is 10.8 Å². The van der Waals surface area contributed by atoms with Crippen molar-refractivity contribution in [3.8, 4) is 0 Å². The van der Waals surface area contributed by atoms with Gasteiger partial charge in [0.15, 0.2) is 0 Å². The van der Waals surface area contributed by atoms with Crippen LogP contribution in [0.3, 0.4) is 0 Å². The van der Waals surface area contributed by atoms with Gasteiger partial charge in [0.25, 0.3) is 5.69 Å². The third-order valence-corrected chi connectivity index (χ3v) is 3.75. The minimum atomic E-state index is -0.498. The number of hydrogen-bond donors (Lipinski definition) is 1. The van der Waals surface area contributed by atoms with E-state index in [1.54, 1.807) is 24.4 Å². The normalized spacial score (nSPS) is 10.9. The highest BCUT2D eigenvalue weighted by Crippen LogP contribution is 2.17. The van der Waals surface area contributed by atoms with E-state index >= 15 is 0 Å². The zero-order chi connectivity index (χ0) is 17.0. The van der Waals surface area contributed by atoms with Crippen molar-refractivity contribution in [2.45, 2.75) is 20.3 Å². The zero-order valence-electron chi connectivity index (χ0n) is 13.2. The lowest BCUT2D eigenvalue weighted by Gasteiger charge is -2.02. The molecule has 0 aliphatic rings. The molecule has 7 heteroatoms. The Balaban J connectivity index is 2.02. The van der Waals surface area contributed by atoms with E-state index in [9.17, 15) is 14.9 Å². The number of aryl methyl sites for hydroxylation is 1. The molecular weight excluding hydrogens is 296 g/mol. The predicted octanol–water partition coefficient (Wildman–Crippen LogP) is 2.24. The number of aromatic nitrogens is 1. The van der Waals surface area contributed by atoms with Crippen molar-refractivity contribution in [3.63, 3.8) is 0 Å². The van der Waals surface area contributed by atoms with Crippen LogP contribution >= 0.6 is 0 Å². The summed E-state index contributed by atoms with van der Waals surface area (Å²) in [5, 5.41) is 14.8. The molecule has 7 nitrogen and oxygen atoms in total. The topological polar surface area (TPSA) is 89.5 Å². The molecule has 23 heavy (non-hydrogen) atoms. The highest BCUT2D eigenvalue weighted by molar-refractivity contribution is 5.84. The number of carbonyl (C=O) groups excluding carboxylic acids is 1. The van der Waals surface area contributed by atoms with Crippen LogP contribution in [0.1, 0.15) is 22.5 Å². The molecule has 0 spiro atoms. The Morgan fingerprint density at radius 3 is 2.70 bits per heavy atom. The number of nitrogens with one attached hydrogen (secondary N) is 1. The van der Waals surface area contributed by atoms with Crippen LogP contribution in [-0.2, 0) is 18.3 Å². The van der Waals surface area contributed by atoms with Gasteiger partial charge in [0.05, 0.1) is 17.6 Å². The van der Waals surface area contributed by atoms with Gasteiger partial charge in [0.2, 0.25) is 5.91 Å². The standard InChI is InChI=1S/C16H18N4O3/c1-11-8-14(12(2)19(11)3)10-17-18-16(21)9-13-6-4-5-7-15(13)20(22)23/h4-8,10H,9H2,1-3H3,(H,18,21). The van der Waals surface area contributed by atoms with Gasteiger partial charge >= 0.3 is 0 Å². The number of nitro benzene ring substituents is 1. The molecule has 1 N–H and O–H groups in total. The Morgan fingerprint density at radius 1 is 1.39 bits per heavy atom. The number of para-hydroxylation sites is 1. The van der Waals surface area contributed by atoms with Gasteiger partial charge in [0.1, 0.15) is 0 Å². The van der Waals surface area contributed by atoms with Crippen molar-refractivity contribution in [2.75, 3.05) is 0 Å². The first kappa shape index (κ1) is 16.4. The number of nitro groups is 1. The summed E-state index contributed by atoms with van der Waals surface area (Å²) >= 11 is 0. The average molecular weight is 314 g/mol. The summed E-state index contributed by atoms with van der Waals surface area (Å²) in [6.07, 6.45) is 1.47. The highest BCUT2D eigenvalue weighted by Gasteiger charge is 2.15. The predicted molar refractivity (Wildman–Crippen MR) is 87.4 cm³/mol. The molecule has 120 valence electrons. The molecule has 1 aromatic carbocycles. The maximum Gasteiger partial charge on any atom is 0.273 e. The molecule has 2 aromatic rings. The summed E-state index contributed by atoms with van der Waals surface area (Å²) in [6, 6.07) is 8.13. The molecule has 0 bridgehead atoms. The fourth-order valence-electron chi connectivity index (χ4n) is 2.24. The van der Waals surface area contributed by atoms with Crippen molar-refractivity contribution in [2.24, 2.45) is 12.1 Å². The second-order valence-corrected chi connectivity index (χ2v) is 5.24. The molecule has 0 saturated heterocycles. The van der Waals surface area contributed by atoms with Crippen LogP contribution in [0.25, 0.3) is 0 Å². The molecule has 0 fully saturated rings. The van der Waals surface area contributed by atoms with E-state index in [2.05, 4.69) is 10.5 Å². The average Bonchev–Trinajstić information content (AvgIpc) is 2.75. The van der Waals surface area contributed by atoms with E-state index in [1.165, 1.54) is 6.07 Å². The monoisotopic (exact) mass is 314 g/mol. The number of hydrazone groups is 1. The van der Waals surface area contributed by atoms with Crippen molar-refractivity contribution in [1.29, 1.82) is 0 Å². The smallest absolute Gasteiger partial charge is 0.273 e. The molecule has 0 unspecified atom stereocenters. The van der Waals surface area contributed by atoms with Crippen LogP contribution in [0, 0.1) is 24.0 Å². The fourth-order valence-corrected chi connectivity index (χ4v) is 2.24. The first-order valence-corrected chi connectivity index (χ1v) is 7.07. The van der Waals surface area contributed by atoms with E-state index in [-0.39, 0.29) is 12.1 Å². The van der Waals surface area contributed by atoms with E-state index in [0.29, 0.717) is 5.56 Å². The lowest BCUT2D eigenvalue weighted by Crippen LogP contribution is -2.20. The maximum absolute atomic E-state index is 11.9. The molecule has 0 aliphatic heterocycles. The Bertz CT molecular complexity index is 778. The summed E-state index contributed by atoms with van der Waals surface area (Å²) < 4.78 is 2.02. The third kappa shape index (κ3) is 3.82. The number of hydrogen-bond acceptors (Lipinski definition) is 4. The largest absolute Gasteiger partial charge is 0.352 e. The number of nitrogens with zero attached hydrogens (tertiary/aromatic N) is 3. The number of benzene rings is 1. The van der Waals surface area contributed by atoms with Crippen molar-refractivity contribution < 1.29 is 9.72 Å². The fraction of sp³-hybridized carbons (Fsp3) is 0.250. The Morgan fingerprint density at radius 2 is 2.09 bits per heavy atom. The Hall–Kier alpha value is -2.96. The van der Waals surface area contributed by atoms with Crippen molar-refractivity contribution in [1.82, 2.24) is 9.99 Å². The number of rotatable bonds is 5. The second-order valence-electron chi connectivity index (χ2n) is 5.24. The quantitative estimate of drug-likeness (QED) is 0.521. The molecule has 0 radical (unpaired) electrons. The van der Waals surface area contributed by atoms with Gasteiger partial charge in [-0.2, -0.15) is 5.10 Å². The summed E-state index contributed by atoms with van der Waals surface area (Å²) in [6.45, 7) is 3.95. The summed E-state index contributed by atoms with van der Waals surface area (Å²) in [7, 11) is 1.95.